The summed E-state index contributed by atoms with van der Waals surface area (Å²) in [5.74, 6) is 0.801. The highest BCUT2D eigenvalue weighted by atomic mass is 16.6. The third kappa shape index (κ3) is 2.65. The molecule has 0 atom stereocenters. The molecule has 2 aromatic rings. The Morgan fingerprint density at radius 3 is 2.82 bits per heavy atom. The molecule has 0 aliphatic rings. The van der Waals surface area contributed by atoms with E-state index in [9.17, 15) is 10.1 Å². The zero-order valence-electron chi connectivity index (χ0n) is 8.61. The van der Waals surface area contributed by atoms with Crippen molar-refractivity contribution in [1.29, 1.82) is 0 Å². The number of nitrogens with two attached hydrogens (primary N) is 1. The first-order chi connectivity index (χ1) is 8.15. The van der Waals surface area contributed by atoms with Crippen LogP contribution in [0.25, 0.3) is 12.2 Å². The molecule has 0 saturated carbocycles. The molecule has 0 radical (unpaired) electrons. The molecule has 2 rings (SSSR count). The number of nitrogen functional groups attached to an aromatic ring is 1. The lowest BCUT2D eigenvalue weighted by Crippen LogP contribution is -1.93. The largest absolute Gasteiger partial charge is 0.433 e. The lowest BCUT2D eigenvalue weighted by molar-refractivity contribution is -0.402. The van der Waals surface area contributed by atoms with Gasteiger partial charge in [-0.15, -0.1) is 0 Å². The van der Waals surface area contributed by atoms with Crippen LogP contribution in [-0.2, 0) is 0 Å². The van der Waals surface area contributed by atoms with Crippen molar-refractivity contribution in [3.8, 4) is 0 Å². The SMILES string of the molecule is Nc1ccnc(C=Cc2ccc([N+](=O)[O-])o2)n1. The van der Waals surface area contributed by atoms with E-state index < -0.39 is 4.92 Å². The molecule has 7 heteroatoms. The van der Waals surface area contributed by atoms with Gasteiger partial charge in [-0.1, -0.05) is 0 Å². The van der Waals surface area contributed by atoms with Gasteiger partial charge in [-0.3, -0.25) is 10.1 Å². The van der Waals surface area contributed by atoms with Crippen LogP contribution in [0.4, 0.5) is 11.7 Å². The van der Waals surface area contributed by atoms with Crippen molar-refractivity contribution in [2.75, 3.05) is 5.73 Å². The second-order valence-corrected chi connectivity index (χ2v) is 3.11. The van der Waals surface area contributed by atoms with Gasteiger partial charge in [0.2, 0.25) is 0 Å². The van der Waals surface area contributed by atoms with Gasteiger partial charge in [0.05, 0.1) is 6.07 Å². The first-order valence-electron chi connectivity index (χ1n) is 4.66. The van der Waals surface area contributed by atoms with Gasteiger partial charge in [-0.05, 0) is 24.3 Å². The predicted octanol–water partition coefficient (Wildman–Crippen LogP) is 1.73. The van der Waals surface area contributed by atoms with Crippen molar-refractivity contribution in [3.63, 3.8) is 0 Å². The zero-order chi connectivity index (χ0) is 12.3. The van der Waals surface area contributed by atoms with Gasteiger partial charge in [0.25, 0.3) is 0 Å². The molecule has 17 heavy (non-hydrogen) atoms. The quantitative estimate of drug-likeness (QED) is 0.637. The Labute approximate surface area is 95.8 Å². The summed E-state index contributed by atoms with van der Waals surface area (Å²) >= 11 is 0. The van der Waals surface area contributed by atoms with Crippen LogP contribution in [0.1, 0.15) is 11.6 Å². The van der Waals surface area contributed by atoms with E-state index >= 15 is 0 Å². The maximum absolute atomic E-state index is 10.4. The molecule has 0 saturated heterocycles. The van der Waals surface area contributed by atoms with Crippen molar-refractivity contribution in [1.82, 2.24) is 9.97 Å². The minimum atomic E-state index is -0.603. The predicted molar refractivity (Wildman–Crippen MR) is 60.7 cm³/mol. The van der Waals surface area contributed by atoms with Gasteiger partial charge in [0.15, 0.2) is 5.82 Å². The average molecular weight is 232 g/mol. The smallest absolute Gasteiger partial charge is 0.401 e. The molecule has 2 aromatic heterocycles. The second-order valence-electron chi connectivity index (χ2n) is 3.11. The molecule has 0 aromatic carbocycles. The third-order valence-corrected chi connectivity index (χ3v) is 1.88. The third-order valence-electron chi connectivity index (χ3n) is 1.88. The molecule has 0 fully saturated rings. The van der Waals surface area contributed by atoms with E-state index in [-0.39, 0.29) is 5.88 Å². The molecule has 0 spiro atoms. The molecule has 2 heterocycles. The highest BCUT2D eigenvalue weighted by Gasteiger charge is 2.09. The number of anilines is 1. The maximum Gasteiger partial charge on any atom is 0.433 e. The second kappa shape index (κ2) is 4.44. The number of nitro groups is 1. The van der Waals surface area contributed by atoms with Crippen LogP contribution in [0, 0.1) is 10.1 Å². The monoisotopic (exact) mass is 232 g/mol. The summed E-state index contributed by atoms with van der Waals surface area (Å²) in [6, 6.07) is 4.33. The molecule has 0 unspecified atom stereocenters. The summed E-state index contributed by atoms with van der Waals surface area (Å²) in [6.45, 7) is 0. The van der Waals surface area contributed by atoms with Gasteiger partial charge in [-0.25, -0.2) is 9.97 Å². The van der Waals surface area contributed by atoms with Crippen LogP contribution in [0.5, 0.6) is 0 Å². The zero-order valence-corrected chi connectivity index (χ0v) is 8.61. The first-order valence-corrected chi connectivity index (χ1v) is 4.66. The van der Waals surface area contributed by atoms with Crippen LogP contribution >= 0.6 is 0 Å². The van der Waals surface area contributed by atoms with Crippen LogP contribution in [-0.4, -0.2) is 14.9 Å². The number of rotatable bonds is 3. The number of nitrogens with zero attached hydrogens (tertiary/aromatic N) is 3. The topological polar surface area (TPSA) is 108 Å². The Hall–Kier alpha value is -2.70. The van der Waals surface area contributed by atoms with Gasteiger partial charge < -0.3 is 10.2 Å². The Balaban J connectivity index is 2.17. The first kappa shape index (κ1) is 10.8. The number of hydrogen-bond acceptors (Lipinski definition) is 6. The van der Waals surface area contributed by atoms with Crippen LogP contribution in [0.2, 0.25) is 0 Å². The van der Waals surface area contributed by atoms with E-state index in [1.165, 1.54) is 24.4 Å². The van der Waals surface area contributed by atoms with E-state index in [4.69, 9.17) is 10.2 Å². The molecular weight excluding hydrogens is 224 g/mol. The summed E-state index contributed by atoms with van der Waals surface area (Å²) in [5, 5.41) is 10.4. The van der Waals surface area contributed by atoms with Gasteiger partial charge in [-0.2, -0.15) is 0 Å². The molecule has 2 N–H and O–H groups in total. The number of furan rings is 1. The maximum atomic E-state index is 10.4. The highest BCUT2D eigenvalue weighted by molar-refractivity contribution is 5.64. The van der Waals surface area contributed by atoms with Crippen molar-refractivity contribution in [2.45, 2.75) is 0 Å². The fourth-order valence-corrected chi connectivity index (χ4v) is 1.16. The Bertz CT molecular complexity index is 576. The fourth-order valence-electron chi connectivity index (χ4n) is 1.16. The summed E-state index contributed by atoms with van der Waals surface area (Å²) < 4.78 is 4.92. The van der Waals surface area contributed by atoms with Gasteiger partial charge >= 0.3 is 5.88 Å². The molecular formula is C10H8N4O3. The number of hydrogen-bond donors (Lipinski definition) is 1. The van der Waals surface area contributed by atoms with Crippen LogP contribution in [0.15, 0.2) is 28.8 Å². The molecule has 0 bridgehead atoms. The lowest BCUT2D eigenvalue weighted by Gasteiger charge is -1.92. The number of aromatic nitrogens is 2. The Kier molecular flexibility index (Phi) is 2.82. The normalized spacial score (nSPS) is 10.8. The molecule has 0 aliphatic carbocycles. The van der Waals surface area contributed by atoms with E-state index in [2.05, 4.69) is 9.97 Å². The van der Waals surface area contributed by atoms with E-state index in [1.807, 2.05) is 0 Å². The molecule has 7 nitrogen and oxygen atoms in total. The molecule has 86 valence electrons. The Morgan fingerprint density at radius 2 is 2.18 bits per heavy atom. The Morgan fingerprint density at radius 1 is 1.35 bits per heavy atom. The summed E-state index contributed by atoms with van der Waals surface area (Å²) in [4.78, 5) is 17.7. The summed E-state index contributed by atoms with van der Waals surface area (Å²) in [6.07, 6.45) is 4.60. The standard InChI is InChI=1S/C10H8N4O3/c11-8-5-6-12-9(13-8)3-1-7-2-4-10(17-7)14(15)16/h1-6H,(H2,11,12,13). The molecule has 0 aliphatic heterocycles. The highest BCUT2D eigenvalue weighted by Crippen LogP contribution is 2.17. The van der Waals surface area contributed by atoms with Crippen molar-refractivity contribution >= 4 is 23.9 Å². The van der Waals surface area contributed by atoms with E-state index in [1.54, 1.807) is 12.1 Å². The summed E-state index contributed by atoms with van der Waals surface area (Å²) in [5.41, 5.74) is 5.47. The van der Waals surface area contributed by atoms with Crippen molar-refractivity contribution < 1.29 is 9.34 Å². The minimum absolute atomic E-state index is 0.307. The van der Waals surface area contributed by atoms with E-state index in [0.717, 1.165) is 0 Å². The van der Waals surface area contributed by atoms with E-state index in [0.29, 0.717) is 17.4 Å². The van der Waals surface area contributed by atoms with Crippen molar-refractivity contribution in [2.24, 2.45) is 0 Å². The minimum Gasteiger partial charge on any atom is -0.401 e. The summed E-state index contributed by atoms with van der Waals surface area (Å²) in [7, 11) is 0. The van der Waals surface area contributed by atoms with Crippen molar-refractivity contribution in [3.05, 3.63) is 46.1 Å². The molecule has 0 amide bonds. The lowest BCUT2D eigenvalue weighted by atomic mass is 10.4. The van der Waals surface area contributed by atoms with Gasteiger partial charge in [0, 0.05) is 6.20 Å². The average Bonchev–Trinajstić information content (AvgIpc) is 2.75. The van der Waals surface area contributed by atoms with Gasteiger partial charge in [0.1, 0.15) is 16.5 Å². The fraction of sp³-hybridized carbons (Fsp3) is 0. The van der Waals surface area contributed by atoms with Crippen LogP contribution < -0.4 is 5.73 Å². The van der Waals surface area contributed by atoms with Crippen LogP contribution in [0.3, 0.4) is 0 Å².